The van der Waals surface area contributed by atoms with Crippen LogP contribution in [0, 0.1) is 0 Å². The van der Waals surface area contributed by atoms with Gasteiger partial charge in [0.15, 0.2) is 10.9 Å². The molecule has 2 aromatic carbocycles. The summed E-state index contributed by atoms with van der Waals surface area (Å²) in [6.07, 6.45) is 1.46. The number of para-hydroxylation sites is 1. The fraction of sp³-hybridized carbons (Fsp3) is 0.0556. The third kappa shape index (κ3) is 4.34. The summed E-state index contributed by atoms with van der Waals surface area (Å²) in [6, 6.07) is 19.2. The summed E-state index contributed by atoms with van der Waals surface area (Å²) in [6.45, 7) is 0. The highest BCUT2D eigenvalue weighted by atomic mass is 35.5. The Bertz CT molecular complexity index is 828. The monoisotopic (exact) mass is 355 g/mol. The van der Waals surface area contributed by atoms with Crippen molar-refractivity contribution in [3.05, 3.63) is 83.1 Å². The summed E-state index contributed by atoms with van der Waals surface area (Å²) in [4.78, 5) is 20.8. The van der Waals surface area contributed by atoms with Gasteiger partial charge in [-0.3, -0.25) is 4.79 Å². The zero-order valence-corrected chi connectivity index (χ0v) is 14.2. The molecule has 0 aliphatic rings. The lowest BCUT2D eigenvalue weighted by Gasteiger charge is -2.07. The predicted molar refractivity (Wildman–Crippen MR) is 97.4 cm³/mol. The van der Waals surface area contributed by atoms with Gasteiger partial charge in [-0.1, -0.05) is 71.9 Å². The molecule has 1 amide bonds. The Morgan fingerprint density at radius 3 is 2.42 bits per heavy atom. The molecule has 0 bridgehead atoms. The average Bonchev–Trinajstić information content (AvgIpc) is 2.62. The van der Waals surface area contributed by atoms with Crippen LogP contribution in [0.1, 0.15) is 16.1 Å². The van der Waals surface area contributed by atoms with Crippen molar-refractivity contribution in [3.8, 4) is 0 Å². The molecule has 1 aromatic heterocycles. The molecular weight excluding hydrogens is 342 g/mol. The molecule has 0 saturated heterocycles. The van der Waals surface area contributed by atoms with Crippen LogP contribution in [0.25, 0.3) is 0 Å². The molecule has 120 valence electrons. The van der Waals surface area contributed by atoms with E-state index in [0.717, 1.165) is 11.3 Å². The number of hydrogen-bond donors (Lipinski definition) is 1. The number of amides is 1. The summed E-state index contributed by atoms with van der Waals surface area (Å²) < 4.78 is 0. The SMILES string of the molecule is O=C(Nc1ccccc1)c1nc(SCc2ccccc2)ncc1Cl. The van der Waals surface area contributed by atoms with Gasteiger partial charge in [-0.2, -0.15) is 0 Å². The summed E-state index contributed by atoms with van der Waals surface area (Å²) in [5.74, 6) is 0.373. The summed E-state index contributed by atoms with van der Waals surface area (Å²) in [5, 5.41) is 3.52. The van der Waals surface area contributed by atoms with Crippen LogP contribution in [0.5, 0.6) is 0 Å². The van der Waals surface area contributed by atoms with Crippen LogP contribution in [0.2, 0.25) is 5.02 Å². The van der Waals surface area contributed by atoms with Crippen LogP contribution in [0.4, 0.5) is 5.69 Å². The van der Waals surface area contributed by atoms with Crippen molar-refractivity contribution in [3.63, 3.8) is 0 Å². The highest BCUT2D eigenvalue weighted by Crippen LogP contribution is 2.22. The number of thioether (sulfide) groups is 1. The first-order chi connectivity index (χ1) is 11.7. The molecule has 3 aromatic rings. The second kappa shape index (κ2) is 7.95. The minimum Gasteiger partial charge on any atom is -0.321 e. The van der Waals surface area contributed by atoms with Crippen LogP contribution in [0.15, 0.2) is 72.0 Å². The van der Waals surface area contributed by atoms with E-state index < -0.39 is 0 Å². The zero-order chi connectivity index (χ0) is 16.8. The molecule has 1 N–H and O–H groups in total. The second-order valence-electron chi connectivity index (χ2n) is 4.94. The zero-order valence-electron chi connectivity index (χ0n) is 12.6. The molecule has 6 heteroatoms. The van der Waals surface area contributed by atoms with Gasteiger partial charge in [-0.25, -0.2) is 9.97 Å². The molecule has 0 spiro atoms. The van der Waals surface area contributed by atoms with Gasteiger partial charge in [0.2, 0.25) is 0 Å². The molecule has 0 atom stereocenters. The van der Waals surface area contributed by atoms with Crippen molar-refractivity contribution in [1.82, 2.24) is 9.97 Å². The van der Waals surface area contributed by atoms with Crippen molar-refractivity contribution in [2.24, 2.45) is 0 Å². The fourth-order valence-corrected chi connectivity index (χ4v) is 2.96. The largest absolute Gasteiger partial charge is 0.321 e. The number of aromatic nitrogens is 2. The summed E-state index contributed by atoms with van der Waals surface area (Å²) in [7, 11) is 0. The van der Waals surface area contributed by atoms with E-state index in [4.69, 9.17) is 11.6 Å². The van der Waals surface area contributed by atoms with E-state index in [1.165, 1.54) is 18.0 Å². The molecule has 24 heavy (non-hydrogen) atoms. The Hall–Kier alpha value is -2.37. The molecule has 0 aliphatic heterocycles. The predicted octanol–water partition coefficient (Wildman–Crippen LogP) is 4.67. The van der Waals surface area contributed by atoms with E-state index in [9.17, 15) is 4.79 Å². The van der Waals surface area contributed by atoms with E-state index in [0.29, 0.717) is 10.8 Å². The minimum absolute atomic E-state index is 0.172. The van der Waals surface area contributed by atoms with E-state index in [1.54, 1.807) is 12.1 Å². The first kappa shape index (κ1) is 16.5. The molecule has 0 radical (unpaired) electrons. The number of carbonyl (C=O) groups excluding carboxylic acids is 1. The van der Waals surface area contributed by atoms with Gasteiger partial charge in [0.1, 0.15) is 0 Å². The second-order valence-corrected chi connectivity index (χ2v) is 6.29. The van der Waals surface area contributed by atoms with Crippen LogP contribution >= 0.6 is 23.4 Å². The molecule has 0 aliphatic carbocycles. The van der Waals surface area contributed by atoms with E-state index >= 15 is 0 Å². The fourth-order valence-electron chi connectivity index (χ4n) is 2.01. The Morgan fingerprint density at radius 1 is 1.04 bits per heavy atom. The maximum absolute atomic E-state index is 12.4. The third-order valence-electron chi connectivity index (χ3n) is 3.18. The molecular formula is C18H14ClN3OS. The number of hydrogen-bond acceptors (Lipinski definition) is 4. The van der Waals surface area contributed by atoms with Crippen molar-refractivity contribution in [2.45, 2.75) is 10.9 Å². The number of carbonyl (C=O) groups is 1. The lowest BCUT2D eigenvalue weighted by Crippen LogP contribution is -2.15. The topological polar surface area (TPSA) is 54.9 Å². The normalized spacial score (nSPS) is 10.4. The van der Waals surface area contributed by atoms with Crippen molar-refractivity contribution >= 4 is 35.0 Å². The number of anilines is 1. The van der Waals surface area contributed by atoms with E-state index in [1.807, 2.05) is 48.5 Å². The molecule has 3 rings (SSSR count). The Kier molecular flexibility index (Phi) is 5.46. The molecule has 0 unspecified atom stereocenters. The van der Waals surface area contributed by atoms with Crippen molar-refractivity contribution in [2.75, 3.05) is 5.32 Å². The quantitative estimate of drug-likeness (QED) is 0.533. The molecule has 0 fully saturated rings. The van der Waals surface area contributed by atoms with Crippen molar-refractivity contribution in [1.29, 1.82) is 0 Å². The van der Waals surface area contributed by atoms with E-state index in [2.05, 4.69) is 15.3 Å². The van der Waals surface area contributed by atoms with Crippen LogP contribution < -0.4 is 5.32 Å². The standard InChI is InChI=1S/C18H14ClN3OS/c19-15-11-20-18(24-12-13-7-3-1-4-8-13)22-16(15)17(23)21-14-9-5-2-6-10-14/h1-11H,12H2,(H,21,23). The Labute approximate surface area is 149 Å². The van der Waals surface area contributed by atoms with Crippen molar-refractivity contribution < 1.29 is 4.79 Å². The molecule has 0 saturated carbocycles. The number of nitrogens with zero attached hydrogens (tertiary/aromatic N) is 2. The van der Waals surface area contributed by atoms with Gasteiger partial charge in [0.05, 0.1) is 11.2 Å². The summed E-state index contributed by atoms with van der Waals surface area (Å²) >= 11 is 7.54. The Balaban J connectivity index is 1.72. The Morgan fingerprint density at radius 2 is 1.71 bits per heavy atom. The minimum atomic E-state index is -0.352. The van der Waals surface area contributed by atoms with Crippen LogP contribution in [0.3, 0.4) is 0 Å². The lowest BCUT2D eigenvalue weighted by atomic mass is 10.2. The molecule has 4 nitrogen and oxygen atoms in total. The number of benzene rings is 2. The van der Waals surface area contributed by atoms with Gasteiger partial charge < -0.3 is 5.32 Å². The van der Waals surface area contributed by atoms with Crippen LogP contribution in [-0.4, -0.2) is 15.9 Å². The number of rotatable bonds is 5. The van der Waals surface area contributed by atoms with Gasteiger partial charge in [0.25, 0.3) is 5.91 Å². The summed E-state index contributed by atoms with van der Waals surface area (Å²) in [5.41, 5.74) is 2.03. The van der Waals surface area contributed by atoms with Gasteiger partial charge in [-0.15, -0.1) is 0 Å². The smallest absolute Gasteiger partial charge is 0.275 e. The highest BCUT2D eigenvalue weighted by Gasteiger charge is 2.14. The first-order valence-corrected chi connectivity index (χ1v) is 8.64. The maximum Gasteiger partial charge on any atom is 0.275 e. The first-order valence-electron chi connectivity index (χ1n) is 7.28. The van der Waals surface area contributed by atoms with Crippen LogP contribution in [-0.2, 0) is 5.75 Å². The number of nitrogens with one attached hydrogen (secondary N) is 1. The maximum atomic E-state index is 12.4. The third-order valence-corrected chi connectivity index (χ3v) is 4.39. The van der Waals surface area contributed by atoms with Gasteiger partial charge in [-0.05, 0) is 17.7 Å². The average molecular weight is 356 g/mol. The number of halogens is 1. The van der Waals surface area contributed by atoms with E-state index in [-0.39, 0.29) is 16.6 Å². The lowest BCUT2D eigenvalue weighted by molar-refractivity contribution is 0.102. The highest BCUT2D eigenvalue weighted by molar-refractivity contribution is 7.98. The molecule has 1 heterocycles. The van der Waals surface area contributed by atoms with Gasteiger partial charge in [0, 0.05) is 11.4 Å². The van der Waals surface area contributed by atoms with Gasteiger partial charge >= 0.3 is 0 Å².